The molecular formula is C24H32O4. The predicted molar refractivity (Wildman–Crippen MR) is 112 cm³/mol. The van der Waals surface area contributed by atoms with Gasteiger partial charge < -0.3 is 19.3 Å². The molecule has 2 atom stereocenters. The van der Waals surface area contributed by atoms with Crippen LogP contribution in [-0.4, -0.2) is 30.5 Å². The Bertz CT molecular complexity index is 680. The van der Waals surface area contributed by atoms with Gasteiger partial charge in [0.1, 0.15) is 5.75 Å². The van der Waals surface area contributed by atoms with E-state index in [4.69, 9.17) is 14.2 Å². The van der Waals surface area contributed by atoms with E-state index < -0.39 is 5.60 Å². The molecule has 2 aromatic rings. The standard InChI is InChI=1S/C24H32O4/c1-4-16-24(2,25)23(28-19-21-12-14-22(26-3)15-13-21)11-8-17-27-18-20-9-6-5-7-10-20/h4-7,9-10,12-15,23,25H,1,8,11,16-19H2,2-3H3/t23-,24+/m1/s1. The van der Waals surface area contributed by atoms with Crippen LogP contribution in [0, 0.1) is 0 Å². The van der Waals surface area contributed by atoms with Gasteiger partial charge in [0, 0.05) is 6.61 Å². The van der Waals surface area contributed by atoms with E-state index in [1.807, 2.05) is 42.5 Å². The molecule has 0 bridgehead atoms. The fraction of sp³-hybridized carbons (Fsp3) is 0.417. The van der Waals surface area contributed by atoms with E-state index in [0.717, 1.165) is 23.3 Å². The lowest BCUT2D eigenvalue weighted by molar-refractivity contribution is -0.109. The van der Waals surface area contributed by atoms with Crippen LogP contribution in [0.25, 0.3) is 0 Å². The molecule has 1 N–H and O–H groups in total. The monoisotopic (exact) mass is 384 g/mol. The molecule has 0 aliphatic rings. The Balaban J connectivity index is 1.83. The van der Waals surface area contributed by atoms with E-state index in [9.17, 15) is 5.11 Å². The summed E-state index contributed by atoms with van der Waals surface area (Å²) in [6.07, 6.45) is 3.44. The fourth-order valence-corrected chi connectivity index (χ4v) is 3.05. The molecule has 0 fully saturated rings. The van der Waals surface area contributed by atoms with Crippen molar-refractivity contribution in [2.75, 3.05) is 13.7 Å². The molecule has 0 unspecified atom stereocenters. The average Bonchev–Trinajstić information content (AvgIpc) is 2.71. The Morgan fingerprint density at radius 3 is 2.36 bits per heavy atom. The summed E-state index contributed by atoms with van der Waals surface area (Å²) in [4.78, 5) is 0. The summed E-state index contributed by atoms with van der Waals surface area (Å²) in [5.74, 6) is 0.814. The van der Waals surface area contributed by atoms with Crippen LogP contribution in [0.5, 0.6) is 5.75 Å². The van der Waals surface area contributed by atoms with Crippen LogP contribution in [0.4, 0.5) is 0 Å². The number of ether oxygens (including phenoxy) is 3. The van der Waals surface area contributed by atoms with Gasteiger partial charge in [-0.05, 0) is 49.4 Å². The van der Waals surface area contributed by atoms with Crippen molar-refractivity contribution in [3.05, 3.63) is 78.4 Å². The van der Waals surface area contributed by atoms with E-state index in [-0.39, 0.29) is 6.10 Å². The van der Waals surface area contributed by atoms with E-state index in [2.05, 4.69) is 18.7 Å². The molecule has 0 spiro atoms. The van der Waals surface area contributed by atoms with Crippen molar-refractivity contribution in [3.63, 3.8) is 0 Å². The lowest BCUT2D eigenvalue weighted by Gasteiger charge is -2.32. The van der Waals surface area contributed by atoms with Gasteiger partial charge in [0.25, 0.3) is 0 Å². The average molecular weight is 385 g/mol. The molecule has 4 heteroatoms. The Hall–Kier alpha value is -2.14. The number of hydrogen-bond acceptors (Lipinski definition) is 4. The third kappa shape index (κ3) is 7.47. The van der Waals surface area contributed by atoms with Crippen LogP contribution in [0.1, 0.15) is 37.3 Å². The summed E-state index contributed by atoms with van der Waals surface area (Å²) in [7, 11) is 1.65. The van der Waals surface area contributed by atoms with Crippen molar-refractivity contribution in [1.82, 2.24) is 0 Å². The van der Waals surface area contributed by atoms with Crippen molar-refractivity contribution in [2.24, 2.45) is 0 Å². The number of aliphatic hydroxyl groups is 1. The van der Waals surface area contributed by atoms with Gasteiger partial charge in [0.2, 0.25) is 0 Å². The van der Waals surface area contributed by atoms with Gasteiger partial charge in [-0.15, -0.1) is 6.58 Å². The summed E-state index contributed by atoms with van der Waals surface area (Å²) < 4.78 is 17.0. The smallest absolute Gasteiger partial charge is 0.118 e. The van der Waals surface area contributed by atoms with E-state index in [0.29, 0.717) is 32.7 Å². The Morgan fingerprint density at radius 2 is 1.71 bits per heavy atom. The van der Waals surface area contributed by atoms with Gasteiger partial charge in [-0.25, -0.2) is 0 Å². The van der Waals surface area contributed by atoms with Crippen LogP contribution in [-0.2, 0) is 22.7 Å². The molecule has 4 nitrogen and oxygen atoms in total. The van der Waals surface area contributed by atoms with Crippen LogP contribution < -0.4 is 4.74 Å². The number of benzene rings is 2. The summed E-state index contributed by atoms with van der Waals surface area (Å²) in [5, 5.41) is 10.8. The van der Waals surface area contributed by atoms with Crippen LogP contribution in [0.3, 0.4) is 0 Å². The van der Waals surface area contributed by atoms with Gasteiger partial charge in [-0.3, -0.25) is 0 Å². The van der Waals surface area contributed by atoms with Gasteiger partial charge in [0.15, 0.2) is 0 Å². The zero-order valence-electron chi connectivity index (χ0n) is 17.0. The van der Waals surface area contributed by atoms with Crippen LogP contribution >= 0.6 is 0 Å². The van der Waals surface area contributed by atoms with Crippen molar-refractivity contribution in [3.8, 4) is 5.75 Å². The SMILES string of the molecule is C=CC[C@](C)(O)[C@@H](CCCOCc1ccccc1)OCc1ccc(OC)cc1. The molecule has 2 rings (SSSR count). The predicted octanol–water partition coefficient (Wildman–Crippen LogP) is 4.90. The molecule has 0 aliphatic carbocycles. The maximum atomic E-state index is 10.8. The second-order valence-corrected chi connectivity index (χ2v) is 7.18. The number of hydrogen-bond donors (Lipinski definition) is 1. The summed E-state index contributed by atoms with van der Waals surface area (Å²) in [6.45, 7) is 7.22. The second kappa shape index (κ2) is 11.6. The maximum Gasteiger partial charge on any atom is 0.118 e. The third-order valence-electron chi connectivity index (χ3n) is 4.73. The lowest BCUT2D eigenvalue weighted by atomic mass is 9.91. The molecule has 0 heterocycles. The highest BCUT2D eigenvalue weighted by molar-refractivity contribution is 5.26. The van der Waals surface area contributed by atoms with Gasteiger partial charge >= 0.3 is 0 Å². The largest absolute Gasteiger partial charge is 0.497 e. The van der Waals surface area contributed by atoms with E-state index >= 15 is 0 Å². The first-order chi connectivity index (χ1) is 13.5. The third-order valence-corrected chi connectivity index (χ3v) is 4.73. The van der Waals surface area contributed by atoms with Gasteiger partial charge in [-0.2, -0.15) is 0 Å². The fourth-order valence-electron chi connectivity index (χ4n) is 3.05. The summed E-state index contributed by atoms with van der Waals surface area (Å²) >= 11 is 0. The molecule has 0 saturated carbocycles. The first-order valence-corrected chi connectivity index (χ1v) is 9.74. The number of rotatable bonds is 13. The van der Waals surface area contributed by atoms with E-state index in [1.54, 1.807) is 20.1 Å². The molecule has 0 aliphatic heterocycles. The van der Waals surface area contributed by atoms with Crippen molar-refractivity contribution in [1.29, 1.82) is 0 Å². The van der Waals surface area contributed by atoms with Crippen LogP contribution in [0.15, 0.2) is 67.3 Å². The Labute approximate surface area is 168 Å². The molecule has 2 aromatic carbocycles. The normalized spacial score (nSPS) is 14.2. The maximum absolute atomic E-state index is 10.8. The highest BCUT2D eigenvalue weighted by Crippen LogP contribution is 2.24. The molecule has 0 saturated heterocycles. The minimum absolute atomic E-state index is 0.298. The molecule has 152 valence electrons. The molecule has 28 heavy (non-hydrogen) atoms. The Kier molecular flexibility index (Phi) is 9.21. The highest BCUT2D eigenvalue weighted by atomic mass is 16.5. The zero-order valence-corrected chi connectivity index (χ0v) is 17.0. The minimum atomic E-state index is -0.965. The lowest BCUT2D eigenvalue weighted by Crippen LogP contribution is -2.41. The summed E-state index contributed by atoms with van der Waals surface area (Å²) in [6, 6.07) is 17.9. The molecular weight excluding hydrogens is 352 g/mol. The summed E-state index contributed by atoms with van der Waals surface area (Å²) in [5.41, 5.74) is 1.24. The quantitative estimate of drug-likeness (QED) is 0.394. The zero-order chi connectivity index (χ0) is 20.2. The Morgan fingerprint density at radius 1 is 1.04 bits per heavy atom. The van der Waals surface area contributed by atoms with Crippen molar-refractivity contribution in [2.45, 2.75) is 51.1 Å². The highest BCUT2D eigenvalue weighted by Gasteiger charge is 2.31. The van der Waals surface area contributed by atoms with Crippen molar-refractivity contribution < 1.29 is 19.3 Å². The van der Waals surface area contributed by atoms with Crippen molar-refractivity contribution >= 4 is 0 Å². The van der Waals surface area contributed by atoms with Gasteiger partial charge in [-0.1, -0.05) is 48.5 Å². The van der Waals surface area contributed by atoms with Gasteiger partial charge in [0.05, 0.1) is 32.0 Å². The molecule has 0 aromatic heterocycles. The molecule has 0 amide bonds. The number of methoxy groups -OCH3 is 1. The first-order valence-electron chi connectivity index (χ1n) is 9.74. The topological polar surface area (TPSA) is 47.9 Å². The first kappa shape index (κ1) is 22.2. The second-order valence-electron chi connectivity index (χ2n) is 7.18. The minimum Gasteiger partial charge on any atom is -0.497 e. The van der Waals surface area contributed by atoms with E-state index in [1.165, 1.54) is 0 Å². The molecule has 0 radical (unpaired) electrons. The van der Waals surface area contributed by atoms with Crippen LogP contribution in [0.2, 0.25) is 0 Å².